The van der Waals surface area contributed by atoms with Gasteiger partial charge in [0, 0.05) is 43.4 Å². The Morgan fingerprint density at radius 2 is 1.77 bits per heavy atom. The molecular formula is C35H45F2N5O2. The average Bonchev–Trinajstić information content (AvgIpc) is 3.47. The van der Waals surface area contributed by atoms with Gasteiger partial charge in [-0.15, -0.1) is 0 Å². The van der Waals surface area contributed by atoms with Crippen molar-refractivity contribution in [3.63, 3.8) is 0 Å². The van der Waals surface area contributed by atoms with Crippen LogP contribution >= 0.6 is 0 Å². The van der Waals surface area contributed by atoms with Gasteiger partial charge in [0.15, 0.2) is 0 Å². The summed E-state index contributed by atoms with van der Waals surface area (Å²) in [6.45, 7) is 5.79. The zero-order chi connectivity index (χ0) is 31.3. The average molecular weight is 606 g/mol. The summed E-state index contributed by atoms with van der Waals surface area (Å²) in [5.41, 5.74) is 3.97. The first-order valence-electron chi connectivity index (χ1n) is 15.9. The number of aryl methyl sites for hydroxylation is 1. The van der Waals surface area contributed by atoms with Crippen LogP contribution in [0, 0.1) is 29.9 Å². The van der Waals surface area contributed by atoms with Gasteiger partial charge in [0.05, 0.1) is 18.1 Å². The molecule has 3 fully saturated rings. The fourth-order valence-corrected chi connectivity index (χ4v) is 7.63. The number of nitrogens with one attached hydrogen (secondary N) is 1. The first kappa shape index (κ1) is 32.0. The van der Waals surface area contributed by atoms with Crippen LogP contribution in [0.2, 0.25) is 0 Å². The number of piperidine rings is 2. The quantitative estimate of drug-likeness (QED) is 0.372. The Labute approximate surface area is 259 Å². The Bertz CT molecular complexity index is 1470. The van der Waals surface area contributed by atoms with E-state index < -0.39 is 11.6 Å². The molecule has 3 atom stereocenters. The van der Waals surface area contributed by atoms with Gasteiger partial charge < -0.3 is 15.1 Å². The van der Waals surface area contributed by atoms with E-state index in [4.69, 9.17) is 0 Å². The summed E-state index contributed by atoms with van der Waals surface area (Å²) in [4.78, 5) is 32.5. The van der Waals surface area contributed by atoms with Crippen molar-refractivity contribution in [2.24, 2.45) is 11.3 Å². The van der Waals surface area contributed by atoms with E-state index in [1.54, 1.807) is 17.3 Å². The van der Waals surface area contributed by atoms with Crippen molar-refractivity contribution in [3.8, 4) is 11.3 Å². The van der Waals surface area contributed by atoms with E-state index >= 15 is 0 Å². The minimum absolute atomic E-state index is 0.0744. The number of carbonyl (C=O) groups is 1. The van der Waals surface area contributed by atoms with Crippen LogP contribution in [0.25, 0.3) is 11.3 Å². The Balaban J connectivity index is 0.000000187. The fraction of sp³-hybridized carbons (Fsp3) is 0.514. The summed E-state index contributed by atoms with van der Waals surface area (Å²) in [6, 6.07) is 13.2. The number of amides is 1. The Morgan fingerprint density at radius 3 is 2.43 bits per heavy atom. The molecule has 2 aromatic carbocycles. The predicted octanol–water partition coefficient (Wildman–Crippen LogP) is 5.58. The number of rotatable bonds is 6. The highest BCUT2D eigenvalue weighted by Crippen LogP contribution is 2.48. The summed E-state index contributed by atoms with van der Waals surface area (Å²) in [5.74, 6) is -0.630. The predicted molar refractivity (Wildman–Crippen MR) is 169 cm³/mol. The van der Waals surface area contributed by atoms with Crippen LogP contribution in [0.5, 0.6) is 0 Å². The molecule has 3 aromatic rings. The number of benzene rings is 2. The Hall–Kier alpha value is -3.43. The van der Waals surface area contributed by atoms with Gasteiger partial charge in [-0.05, 0) is 94.3 Å². The van der Waals surface area contributed by atoms with Gasteiger partial charge in [-0.2, -0.15) is 0 Å². The molecule has 1 aliphatic carbocycles. The van der Waals surface area contributed by atoms with Crippen LogP contribution in [0.3, 0.4) is 0 Å². The third-order valence-electron chi connectivity index (χ3n) is 10.1. The van der Waals surface area contributed by atoms with E-state index in [0.29, 0.717) is 29.9 Å². The number of aromatic nitrogens is 2. The van der Waals surface area contributed by atoms with Crippen LogP contribution in [0.4, 0.5) is 8.78 Å². The molecule has 1 spiro atoms. The third kappa shape index (κ3) is 7.26. The van der Waals surface area contributed by atoms with Crippen molar-refractivity contribution in [1.82, 2.24) is 24.7 Å². The second kappa shape index (κ2) is 14.1. The minimum atomic E-state index is -0.609. The lowest BCUT2D eigenvalue weighted by Gasteiger charge is -2.45. The molecule has 236 valence electrons. The smallest absolute Gasteiger partial charge is 0.253 e. The Morgan fingerprint density at radius 1 is 1.05 bits per heavy atom. The molecule has 1 amide bonds. The van der Waals surface area contributed by atoms with E-state index in [1.165, 1.54) is 50.8 Å². The molecule has 9 heteroatoms. The molecule has 3 aliphatic rings. The molecule has 44 heavy (non-hydrogen) atoms. The molecule has 3 heterocycles. The molecule has 2 saturated heterocycles. The largest absolute Gasteiger partial charge is 0.338 e. The van der Waals surface area contributed by atoms with Gasteiger partial charge in [-0.3, -0.25) is 14.2 Å². The maximum absolute atomic E-state index is 13.2. The molecule has 0 radical (unpaired) electrons. The lowest BCUT2D eigenvalue weighted by molar-refractivity contribution is -0.121. The van der Waals surface area contributed by atoms with Crippen molar-refractivity contribution in [2.45, 2.75) is 70.5 Å². The van der Waals surface area contributed by atoms with Crippen molar-refractivity contribution < 1.29 is 13.6 Å². The first-order valence-corrected chi connectivity index (χ1v) is 15.9. The molecule has 2 aliphatic heterocycles. The maximum Gasteiger partial charge on any atom is 0.253 e. The van der Waals surface area contributed by atoms with Crippen LogP contribution in [0.15, 0.2) is 59.7 Å². The van der Waals surface area contributed by atoms with Crippen molar-refractivity contribution >= 4 is 6.41 Å². The topological polar surface area (TPSA) is 70.5 Å². The molecule has 7 nitrogen and oxygen atoms in total. The SMILES string of the molecule is CNC1CCN(C=O)C(c2cc(F)cc(F)c2)C1.Cc1ccccc1-c1cc(=O)n(C[C@@H]2CCN(C)CC23CCCC3)cn1. The number of likely N-dealkylation sites (tertiary alicyclic amines) is 2. The van der Waals surface area contributed by atoms with Crippen molar-refractivity contribution in [1.29, 1.82) is 0 Å². The molecule has 1 saturated carbocycles. The number of carbonyl (C=O) groups excluding carboxylic acids is 1. The molecule has 6 rings (SSSR count). The van der Waals surface area contributed by atoms with Crippen molar-refractivity contribution in [2.75, 3.05) is 33.7 Å². The van der Waals surface area contributed by atoms with Gasteiger partial charge >= 0.3 is 0 Å². The number of hydrogen-bond donors (Lipinski definition) is 1. The van der Waals surface area contributed by atoms with E-state index in [0.717, 1.165) is 48.8 Å². The van der Waals surface area contributed by atoms with E-state index in [-0.39, 0.29) is 17.6 Å². The standard InChI is InChI=1S/C22H29N3O.C13H16F2N2O/c1-17-7-3-4-8-19(17)20-13-21(26)25(16-23-20)14-18-9-12-24(2)15-22(18)10-5-6-11-22;1-16-12-2-3-17(8-18)13(7-12)9-4-10(14)6-11(15)5-9/h3-4,7-8,13,16,18H,5-6,9-12,14-15H2,1-2H3;4-6,8,12-13,16H,2-3,7H2,1H3/t18-;/m0./s1. The highest BCUT2D eigenvalue weighted by atomic mass is 19.1. The van der Waals surface area contributed by atoms with Gasteiger partial charge in [0.2, 0.25) is 6.41 Å². The highest BCUT2D eigenvalue weighted by molar-refractivity contribution is 5.62. The normalized spacial score (nSPS) is 23.3. The first-order chi connectivity index (χ1) is 21.2. The van der Waals surface area contributed by atoms with E-state index in [1.807, 2.05) is 29.8 Å². The molecule has 2 unspecified atom stereocenters. The van der Waals surface area contributed by atoms with Gasteiger partial charge in [-0.1, -0.05) is 37.1 Å². The fourth-order valence-electron chi connectivity index (χ4n) is 7.63. The number of hydrogen-bond acceptors (Lipinski definition) is 5. The van der Waals surface area contributed by atoms with Crippen LogP contribution in [0.1, 0.15) is 62.1 Å². The lowest BCUT2D eigenvalue weighted by Crippen LogP contribution is -2.47. The molecule has 1 N–H and O–H groups in total. The molecule has 1 aromatic heterocycles. The zero-order valence-electron chi connectivity index (χ0n) is 26.1. The summed E-state index contributed by atoms with van der Waals surface area (Å²) in [7, 11) is 4.09. The van der Waals surface area contributed by atoms with E-state index in [9.17, 15) is 18.4 Å². The second-order valence-electron chi connectivity index (χ2n) is 12.9. The number of halogens is 2. The Kier molecular flexibility index (Phi) is 10.3. The van der Waals surface area contributed by atoms with Crippen LogP contribution < -0.4 is 10.9 Å². The summed E-state index contributed by atoms with van der Waals surface area (Å²) in [6.07, 6.45) is 10.5. The zero-order valence-corrected chi connectivity index (χ0v) is 26.1. The van der Waals surface area contributed by atoms with Gasteiger partial charge in [-0.25, -0.2) is 13.8 Å². The van der Waals surface area contributed by atoms with Crippen molar-refractivity contribution in [3.05, 3.63) is 88.0 Å². The minimum Gasteiger partial charge on any atom is -0.338 e. The summed E-state index contributed by atoms with van der Waals surface area (Å²) in [5, 5.41) is 3.15. The summed E-state index contributed by atoms with van der Waals surface area (Å²) >= 11 is 0. The summed E-state index contributed by atoms with van der Waals surface area (Å²) < 4.78 is 28.3. The molecule has 0 bridgehead atoms. The number of nitrogens with zero attached hydrogens (tertiary/aromatic N) is 4. The second-order valence-corrected chi connectivity index (χ2v) is 12.9. The van der Waals surface area contributed by atoms with E-state index in [2.05, 4.69) is 35.2 Å². The highest BCUT2D eigenvalue weighted by Gasteiger charge is 2.44. The van der Waals surface area contributed by atoms with Crippen LogP contribution in [-0.2, 0) is 11.3 Å². The molecular weight excluding hydrogens is 560 g/mol. The monoisotopic (exact) mass is 605 g/mol. The lowest BCUT2D eigenvalue weighted by atomic mass is 9.69. The third-order valence-corrected chi connectivity index (χ3v) is 10.1. The van der Waals surface area contributed by atoms with Crippen LogP contribution in [-0.4, -0.2) is 65.5 Å². The maximum atomic E-state index is 13.2. The van der Waals surface area contributed by atoms with Gasteiger partial charge in [0.1, 0.15) is 11.6 Å². The van der Waals surface area contributed by atoms with Gasteiger partial charge in [0.25, 0.3) is 5.56 Å².